The van der Waals surface area contributed by atoms with E-state index in [1.54, 1.807) is 4.90 Å². The van der Waals surface area contributed by atoms with Crippen LogP contribution < -0.4 is 15.4 Å². The third kappa shape index (κ3) is 3.56. The number of hydrogen-bond acceptors (Lipinski definition) is 9. The molecule has 2 aromatic heterocycles. The zero-order valence-corrected chi connectivity index (χ0v) is 16.9. The van der Waals surface area contributed by atoms with Gasteiger partial charge in [0.2, 0.25) is 5.78 Å². The zero-order chi connectivity index (χ0) is 21.4. The molecule has 11 nitrogen and oxygen atoms in total. The molecule has 0 aliphatic carbocycles. The maximum Gasteiger partial charge on any atom is 0.284 e. The van der Waals surface area contributed by atoms with Gasteiger partial charge in [-0.1, -0.05) is 26.2 Å². The average Bonchev–Trinajstić information content (AvgIpc) is 3.44. The van der Waals surface area contributed by atoms with Crippen molar-refractivity contribution in [2.75, 3.05) is 23.1 Å². The van der Waals surface area contributed by atoms with Crippen molar-refractivity contribution >= 4 is 17.3 Å². The van der Waals surface area contributed by atoms with Crippen molar-refractivity contribution in [3.05, 3.63) is 22.7 Å². The van der Waals surface area contributed by atoms with Crippen LogP contribution in [0.2, 0.25) is 0 Å². The van der Waals surface area contributed by atoms with Gasteiger partial charge in [0.15, 0.2) is 6.23 Å². The predicted octanol–water partition coefficient (Wildman–Crippen LogP) is -0.666. The number of ether oxygens (including phenoxy) is 1. The number of aliphatic hydroxyl groups excluding tert-OH is 4. The fourth-order valence-electron chi connectivity index (χ4n) is 4.20. The second-order valence-electron chi connectivity index (χ2n) is 7.92. The van der Waals surface area contributed by atoms with E-state index in [0.29, 0.717) is 18.0 Å². The van der Waals surface area contributed by atoms with Crippen molar-refractivity contribution in [1.29, 1.82) is 0 Å². The highest BCUT2D eigenvalue weighted by Crippen LogP contribution is 2.38. The minimum atomic E-state index is -1.28. The van der Waals surface area contributed by atoms with Crippen molar-refractivity contribution in [3.63, 3.8) is 0 Å². The van der Waals surface area contributed by atoms with E-state index in [2.05, 4.69) is 16.9 Å². The highest BCUT2D eigenvalue weighted by molar-refractivity contribution is 5.74. The van der Waals surface area contributed by atoms with Crippen LogP contribution in [-0.4, -0.2) is 78.8 Å². The van der Waals surface area contributed by atoms with Gasteiger partial charge in [0.25, 0.3) is 5.56 Å². The van der Waals surface area contributed by atoms with E-state index in [0.717, 1.165) is 19.3 Å². The Kier molecular flexibility index (Phi) is 5.98. The number of rotatable bonds is 8. The van der Waals surface area contributed by atoms with Crippen LogP contribution in [0.5, 0.6) is 0 Å². The number of aromatic nitrogens is 3. The number of nitrogens with zero attached hydrogens (tertiary/aromatic N) is 4. The van der Waals surface area contributed by atoms with Crippen LogP contribution in [-0.2, 0) is 4.74 Å². The summed E-state index contributed by atoms with van der Waals surface area (Å²) in [5, 5.41) is 40.9. The first kappa shape index (κ1) is 21.1. The summed E-state index contributed by atoms with van der Waals surface area (Å²) in [6, 6.07) is 0. The second-order valence-corrected chi connectivity index (χ2v) is 7.92. The fraction of sp³-hybridized carbons (Fsp3) is 0.684. The molecule has 2 aliphatic heterocycles. The standard InChI is InChI=1S/C19H29N5O6/c1-2-3-4-5-11(26)17(28)24-10-23(14-8-12(27)13(9-25)30-14)16-15(24)18(29)22-7-6-20-19(22)21-16/h6-7,11-14,17,25-28H,2-5,8-10H2,1H3,(H,20,21)/t11?,12-,13+,14+,17?/m0/s1. The van der Waals surface area contributed by atoms with E-state index in [9.17, 15) is 25.2 Å². The molecule has 0 radical (unpaired) electrons. The van der Waals surface area contributed by atoms with Crippen LogP contribution in [0, 0.1) is 0 Å². The van der Waals surface area contributed by atoms with Gasteiger partial charge in [-0.15, -0.1) is 0 Å². The molecule has 30 heavy (non-hydrogen) atoms. The zero-order valence-electron chi connectivity index (χ0n) is 16.9. The molecular formula is C19H29N5O6. The maximum atomic E-state index is 13.1. The van der Waals surface area contributed by atoms with Gasteiger partial charge >= 0.3 is 0 Å². The summed E-state index contributed by atoms with van der Waals surface area (Å²) >= 11 is 0. The van der Waals surface area contributed by atoms with E-state index in [1.165, 1.54) is 21.7 Å². The molecule has 2 aliphatic rings. The molecule has 0 aromatic carbocycles. The van der Waals surface area contributed by atoms with Gasteiger partial charge in [0.1, 0.15) is 23.8 Å². The van der Waals surface area contributed by atoms with Crippen LogP contribution in [0.25, 0.3) is 5.78 Å². The van der Waals surface area contributed by atoms with E-state index < -0.39 is 30.8 Å². The van der Waals surface area contributed by atoms with Crippen molar-refractivity contribution < 1.29 is 25.2 Å². The molecule has 0 saturated carbocycles. The predicted molar refractivity (Wildman–Crippen MR) is 108 cm³/mol. The third-order valence-corrected chi connectivity index (χ3v) is 5.89. The van der Waals surface area contributed by atoms with Crippen molar-refractivity contribution in [2.45, 2.75) is 69.8 Å². The lowest BCUT2D eigenvalue weighted by Crippen LogP contribution is -2.48. The Labute approximate surface area is 173 Å². The van der Waals surface area contributed by atoms with E-state index in [4.69, 9.17) is 4.74 Å². The van der Waals surface area contributed by atoms with Crippen LogP contribution in [0.1, 0.15) is 39.0 Å². The van der Waals surface area contributed by atoms with Gasteiger partial charge < -0.3 is 39.9 Å². The summed E-state index contributed by atoms with van der Waals surface area (Å²) in [5.74, 6) is 0.732. The summed E-state index contributed by atoms with van der Waals surface area (Å²) in [5.41, 5.74) is -0.177. The first-order chi connectivity index (χ1) is 14.5. The van der Waals surface area contributed by atoms with Crippen LogP contribution in [0.4, 0.5) is 11.5 Å². The van der Waals surface area contributed by atoms with Crippen molar-refractivity contribution in [3.8, 4) is 0 Å². The molecule has 5 N–H and O–H groups in total. The van der Waals surface area contributed by atoms with Crippen LogP contribution in [0.15, 0.2) is 17.2 Å². The molecule has 2 unspecified atom stereocenters. The van der Waals surface area contributed by atoms with Gasteiger partial charge in [-0.05, 0) is 6.42 Å². The Morgan fingerprint density at radius 3 is 2.87 bits per heavy atom. The summed E-state index contributed by atoms with van der Waals surface area (Å²) in [6.07, 6.45) is 1.88. The lowest BCUT2D eigenvalue weighted by Gasteiger charge is -2.30. The molecule has 1 saturated heterocycles. The highest BCUT2D eigenvalue weighted by atomic mass is 16.5. The molecule has 11 heteroatoms. The summed E-state index contributed by atoms with van der Waals surface area (Å²) in [4.78, 5) is 23.5. The van der Waals surface area contributed by atoms with E-state index in [-0.39, 0.29) is 30.9 Å². The molecule has 5 atom stereocenters. The Morgan fingerprint density at radius 1 is 1.37 bits per heavy atom. The SMILES string of the molecule is CCCCCC(O)C(O)N1CN([C@H]2C[C@H](O)[C@@H](CO)O2)c2[nH]c3nccn3c(=O)c21. The molecule has 2 aromatic rings. The number of aromatic amines is 1. The maximum absolute atomic E-state index is 13.1. The Bertz CT molecular complexity index is 932. The number of imidazole rings is 1. The molecule has 0 amide bonds. The molecule has 4 heterocycles. The normalized spacial score (nSPS) is 25.8. The van der Waals surface area contributed by atoms with E-state index in [1.807, 2.05) is 0 Å². The average molecular weight is 423 g/mol. The Hall–Kier alpha value is -2.18. The van der Waals surface area contributed by atoms with Gasteiger partial charge in [-0.2, -0.15) is 0 Å². The fourth-order valence-corrected chi connectivity index (χ4v) is 4.20. The smallest absolute Gasteiger partial charge is 0.284 e. The van der Waals surface area contributed by atoms with Gasteiger partial charge in [-0.25, -0.2) is 4.98 Å². The molecule has 4 rings (SSSR count). The minimum Gasteiger partial charge on any atom is -0.394 e. The number of aliphatic hydroxyl groups is 4. The number of unbranched alkanes of at least 4 members (excludes halogenated alkanes) is 2. The van der Waals surface area contributed by atoms with Crippen molar-refractivity contribution in [1.82, 2.24) is 14.4 Å². The quantitative estimate of drug-likeness (QED) is 0.349. The Morgan fingerprint density at radius 2 is 2.17 bits per heavy atom. The lowest BCUT2D eigenvalue weighted by atomic mass is 10.1. The summed E-state index contributed by atoms with van der Waals surface area (Å²) in [7, 11) is 0. The second kappa shape index (κ2) is 8.52. The molecule has 166 valence electrons. The first-order valence-corrected chi connectivity index (χ1v) is 10.4. The first-order valence-electron chi connectivity index (χ1n) is 10.4. The molecular weight excluding hydrogens is 394 g/mol. The number of anilines is 2. The highest BCUT2D eigenvalue weighted by Gasteiger charge is 2.44. The molecule has 0 spiro atoms. The van der Waals surface area contributed by atoms with E-state index >= 15 is 0 Å². The van der Waals surface area contributed by atoms with Gasteiger partial charge in [0, 0.05) is 18.8 Å². The Balaban J connectivity index is 1.68. The summed E-state index contributed by atoms with van der Waals surface area (Å²) < 4.78 is 7.11. The number of fused-ring (bicyclic) bond motifs is 2. The van der Waals surface area contributed by atoms with Gasteiger partial charge in [-0.3, -0.25) is 9.20 Å². The number of H-pyrrole nitrogens is 1. The lowest BCUT2D eigenvalue weighted by molar-refractivity contribution is -0.0234. The monoisotopic (exact) mass is 423 g/mol. The number of hydrogen-bond donors (Lipinski definition) is 5. The number of nitrogens with one attached hydrogen (secondary N) is 1. The minimum absolute atomic E-state index is 0.0791. The molecule has 0 bridgehead atoms. The van der Waals surface area contributed by atoms with Crippen LogP contribution in [0.3, 0.4) is 0 Å². The molecule has 1 fully saturated rings. The van der Waals surface area contributed by atoms with Crippen molar-refractivity contribution in [2.24, 2.45) is 0 Å². The summed E-state index contributed by atoms with van der Waals surface area (Å²) in [6.45, 7) is 1.81. The largest absolute Gasteiger partial charge is 0.394 e. The topological polar surface area (TPSA) is 147 Å². The van der Waals surface area contributed by atoms with Crippen LogP contribution >= 0.6 is 0 Å². The third-order valence-electron chi connectivity index (χ3n) is 5.89. The van der Waals surface area contributed by atoms with Gasteiger partial charge in [0.05, 0.1) is 25.5 Å².